The highest BCUT2D eigenvalue weighted by atomic mass is 28.3. The van der Waals surface area contributed by atoms with Crippen LogP contribution in [-0.4, -0.2) is 116 Å². The smallest absolute Gasteiger partial charge is 0.453 e. The number of aryl methyl sites for hydroxylation is 2. The van der Waals surface area contributed by atoms with Crippen LogP contribution in [0.3, 0.4) is 0 Å². The Kier molecular flexibility index (Phi) is 19.7. The van der Waals surface area contributed by atoms with Crippen LogP contribution in [0.1, 0.15) is 50.5 Å². The molecule has 0 fully saturated rings. The Morgan fingerprint density at radius 1 is 0.597 bits per heavy atom. The molecule has 0 saturated heterocycles. The normalized spacial score (nSPS) is 12.5. The number of nitrogens with zero attached hydrogens (tertiary/aromatic N) is 10. The molecule has 0 atom stereocenters. The molecule has 6 aromatic heterocycles. The lowest BCUT2D eigenvalue weighted by Crippen LogP contribution is -2.32. The maximum Gasteiger partial charge on any atom is 0.453 e. The van der Waals surface area contributed by atoms with E-state index in [1.54, 1.807) is 82.7 Å². The molecule has 0 aliphatic carbocycles. The Morgan fingerprint density at radius 3 is 1.30 bits per heavy atom. The van der Waals surface area contributed by atoms with Crippen LogP contribution in [0, 0.1) is 24.7 Å². The zero-order valence-corrected chi connectivity index (χ0v) is 47.5. The first-order valence-corrected chi connectivity index (χ1v) is 31.7. The molecule has 418 valence electrons. The number of pyridine rings is 4. The van der Waals surface area contributed by atoms with Gasteiger partial charge in [0.05, 0.1) is 17.9 Å². The Hall–Kier alpha value is -6.65. The molecule has 0 radical (unpaired) electrons. The number of alkyl halides is 6. The van der Waals surface area contributed by atoms with Crippen LogP contribution in [0.4, 0.5) is 26.3 Å². The summed E-state index contributed by atoms with van der Waals surface area (Å²) < 4.78 is 109. The van der Waals surface area contributed by atoms with Crippen molar-refractivity contribution in [3.05, 3.63) is 84.0 Å². The van der Waals surface area contributed by atoms with Gasteiger partial charge in [0.1, 0.15) is 38.1 Å². The number of ether oxygens (including phenoxy) is 5. The quantitative estimate of drug-likeness (QED) is 0.0290. The third-order valence-electron chi connectivity index (χ3n) is 11.5. The number of carbonyl (C=O) groups is 2. The predicted octanol–water partition coefficient (Wildman–Crippen LogP) is 11.2. The lowest BCUT2D eigenvalue weighted by molar-refractivity contribution is -0.152. The van der Waals surface area contributed by atoms with Gasteiger partial charge in [-0.25, -0.2) is 29.3 Å². The van der Waals surface area contributed by atoms with Crippen LogP contribution in [0.2, 0.25) is 51.4 Å². The molecule has 26 heteroatoms. The van der Waals surface area contributed by atoms with Crippen LogP contribution >= 0.6 is 0 Å². The number of carboxylic acids is 1. The standard InChI is InChI=1S/C26H34F3N5O4Si.C25H32F3N5O4Si/c1-17-12-21(38-15-25(2,3)24(35)36-4)31-14-19(17)18-8-9-20(30-13-18)22-32-23(26(27,28)29)33-34(22)16-37-10-11-39(5,6)7;1-16-11-20(37-14-24(2,3)23(34)35)30-13-18(16)17-7-8-19(29-12-17)21-31-22(25(26,27)28)32-33(21)15-36-9-10-38(4,5)6/h8-9,12-14H,10-11,15-16H2,1-7H3;7-8,11-13H,9-10,14-15H2,1-6H3,(H,34,35). The maximum atomic E-state index is 13.3. The van der Waals surface area contributed by atoms with E-state index in [9.17, 15) is 41.0 Å². The molecule has 6 heterocycles. The average molecular weight is 1120 g/mol. The number of methoxy groups -OCH3 is 1. The number of carbonyl (C=O) groups excluding carboxylic acids is 1. The molecule has 0 amide bonds. The van der Waals surface area contributed by atoms with Gasteiger partial charge in [0.25, 0.3) is 11.6 Å². The minimum Gasteiger partial charge on any atom is -0.481 e. The van der Waals surface area contributed by atoms with Gasteiger partial charge in [0, 0.05) is 88.5 Å². The van der Waals surface area contributed by atoms with Crippen molar-refractivity contribution in [2.24, 2.45) is 10.8 Å². The average Bonchev–Trinajstić information content (AvgIpc) is 3.99. The molecule has 77 heavy (non-hydrogen) atoms. The van der Waals surface area contributed by atoms with E-state index >= 15 is 0 Å². The fourth-order valence-electron chi connectivity index (χ4n) is 6.64. The highest BCUT2D eigenvalue weighted by molar-refractivity contribution is 6.76. The van der Waals surface area contributed by atoms with Crippen molar-refractivity contribution in [3.63, 3.8) is 0 Å². The van der Waals surface area contributed by atoms with E-state index in [1.807, 2.05) is 13.8 Å². The van der Waals surface area contributed by atoms with Gasteiger partial charge in [0.15, 0.2) is 11.6 Å². The van der Waals surface area contributed by atoms with Crippen molar-refractivity contribution in [1.82, 2.24) is 49.5 Å². The molecule has 0 bridgehead atoms. The lowest BCUT2D eigenvalue weighted by atomic mass is 9.95. The summed E-state index contributed by atoms with van der Waals surface area (Å²) in [5, 5.41) is 16.5. The summed E-state index contributed by atoms with van der Waals surface area (Å²) in [7, 11) is -1.40. The van der Waals surface area contributed by atoms with Crippen molar-refractivity contribution in [1.29, 1.82) is 0 Å². The summed E-state index contributed by atoms with van der Waals surface area (Å²) in [5.74, 6) is -3.32. The summed E-state index contributed by atoms with van der Waals surface area (Å²) in [4.78, 5) is 47.8. The highest BCUT2D eigenvalue weighted by Gasteiger charge is 2.39. The van der Waals surface area contributed by atoms with E-state index < -0.39 is 62.9 Å². The molecule has 6 aromatic rings. The number of hydrogen-bond acceptors (Lipinski definition) is 15. The van der Waals surface area contributed by atoms with Crippen LogP contribution in [0.25, 0.3) is 45.3 Å². The molecule has 6 rings (SSSR count). The van der Waals surface area contributed by atoms with Crippen LogP contribution in [0.15, 0.2) is 61.2 Å². The number of esters is 1. The van der Waals surface area contributed by atoms with E-state index in [1.165, 1.54) is 13.3 Å². The van der Waals surface area contributed by atoms with Gasteiger partial charge in [-0.2, -0.15) is 26.3 Å². The monoisotopic (exact) mass is 1120 g/mol. The molecule has 0 aliphatic rings. The third-order valence-corrected chi connectivity index (χ3v) is 14.9. The molecular formula is C51H66F6N10O8Si2. The van der Waals surface area contributed by atoms with Gasteiger partial charge in [0.2, 0.25) is 11.8 Å². The van der Waals surface area contributed by atoms with Gasteiger partial charge in [-0.3, -0.25) is 19.6 Å². The largest absolute Gasteiger partial charge is 0.481 e. The fourth-order valence-corrected chi connectivity index (χ4v) is 8.15. The maximum absolute atomic E-state index is 13.3. The van der Waals surface area contributed by atoms with E-state index in [2.05, 4.69) is 79.4 Å². The Morgan fingerprint density at radius 2 is 0.987 bits per heavy atom. The minimum atomic E-state index is -4.70. The summed E-state index contributed by atoms with van der Waals surface area (Å²) in [6.07, 6.45) is -3.15. The van der Waals surface area contributed by atoms with Gasteiger partial charge in [-0.1, -0.05) is 51.4 Å². The molecule has 0 aliphatic heterocycles. The fraction of sp³-hybridized carbons (Fsp3) is 0.490. The highest BCUT2D eigenvalue weighted by Crippen LogP contribution is 2.33. The molecule has 18 nitrogen and oxygen atoms in total. The van der Waals surface area contributed by atoms with Crippen molar-refractivity contribution >= 4 is 28.1 Å². The van der Waals surface area contributed by atoms with E-state index in [0.29, 0.717) is 30.2 Å². The lowest BCUT2D eigenvalue weighted by Gasteiger charge is -2.21. The van der Waals surface area contributed by atoms with Crippen LogP contribution in [-0.2, 0) is 49.6 Å². The predicted molar refractivity (Wildman–Crippen MR) is 279 cm³/mol. The van der Waals surface area contributed by atoms with Crippen molar-refractivity contribution in [2.75, 3.05) is 33.5 Å². The second-order valence-corrected chi connectivity index (χ2v) is 33.1. The second-order valence-electron chi connectivity index (χ2n) is 21.9. The first kappa shape index (κ1) is 61.2. The topological polar surface area (TPSA) is 214 Å². The number of aliphatic carboxylic acids is 1. The Balaban J connectivity index is 0.000000284. The van der Waals surface area contributed by atoms with Crippen molar-refractivity contribution in [3.8, 4) is 57.1 Å². The van der Waals surface area contributed by atoms with E-state index in [0.717, 1.165) is 43.7 Å². The van der Waals surface area contributed by atoms with Gasteiger partial charge < -0.3 is 28.8 Å². The van der Waals surface area contributed by atoms with E-state index in [4.69, 9.17) is 23.7 Å². The summed E-state index contributed by atoms with van der Waals surface area (Å²) in [5.41, 5.74) is 3.07. The third kappa shape index (κ3) is 17.7. The van der Waals surface area contributed by atoms with E-state index in [-0.39, 0.29) is 55.6 Å². The number of rotatable bonds is 22. The Labute approximate surface area is 445 Å². The summed E-state index contributed by atoms with van der Waals surface area (Å²) >= 11 is 0. The van der Waals surface area contributed by atoms with Crippen LogP contribution in [0.5, 0.6) is 11.8 Å². The zero-order chi connectivity index (χ0) is 57.3. The van der Waals surface area contributed by atoms with Crippen molar-refractivity contribution in [2.45, 2.75) is 119 Å². The van der Waals surface area contributed by atoms with Crippen molar-refractivity contribution < 1.29 is 64.7 Å². The number of halogens is 6. The Bertz CT molecular complexity index is 2960. The molecular weight excluding hydrogens is 1050 g/mol. The summed E-state index contributed by atoms with van der Waals surface area (Å²) in [6, 6.07) is 11.7. The number of carboxylic acid groups (broad SMARTS) is 1. The minimum absolute atomic E-state index is 0.0336. The van der Waals surface area contributed by atoms with Crippen LogP contribution < -0.4 is 9.47 Å². The molecule has 0 spiro atoms. The number of aromatic nitrogens is 10. The molecule has 0 saturated carbocycles. The van der Waals surface area contributed by atoms with Gasteiger partial charge >= 0.3 is 24.3 Å². The second kappa shape index (κ2) is 24.8. The molecule has 0 unspecified atom stereocenters. The van der Waals surface area contributed by atoms with Gasteiger partial charge in [-0.15, -0.1) is 10.2 Å². The SMILES string of the molecule is COC(=O)C(C)(C)COc1cc(C)c(-c2ccc(-c3nc(C(F)(F)F)nn3COCC[Si](C)(C)C)nc2)cn1.Cc1cc(OCC(C)(C)C(=O)O)ncc1-c1ccc(-c2nc(C(F)(F)F)nn2COCC[Si](C)(C)C)nc1. The molecule has 1 N–H and O–H groups in total. The summed E-state index contributed by atoms with van der Waals surface area (Å²) in [6.45, 7) is 23.9. The molecule has 0 aromatic carbocycles. The van der Waals surface area contributed by atoms with Gasteiger partial charge in [-0.05, 0) is 76.9 Å². The first-order chi connectivity index (χ1) is 35.7. The zero-order valence-electron chi connectivity index (χ0n) is 45.5. The first-order valence-electron chi connectivity index (χ1n) is 24.3. The number of hydrogen-bond donors (Lipinski definition) is 1.